The smallest absolute Gasteiger partial charge is 0.197 e. The number of fused-ring (bicyclic) bond motifs is 9. The average molecular weight is 801 g/mol. The summed E-state index contributed by atoms with van der Waals surface area (Å²) < 4.78 is 9.16. The van der Waals surface area contributed by atoms with E-state index in [1.54, 1.807) is 0 Å². The molecule has 10 aromatic rings. The van der Waals surface area contributed by atoms with Crippen LogP contribution in [0.5, 0.6) is 0 Å². The number of nitrogens with one attached hydrogen (secondary N) is 1. The molecule has 1 aliphatic heterocycles. The van der Waals surface area contributed by atoms with Crippen molar-refractivity contribution in [1.29, 1.82) is 0 Å². The molecular weight excluding hydrogens is 753 g/mol. The molecule has 0 spiro atoms. The first-order valence-electron chi connectivity index (χ1n) is 22.0. The Morgan fingerprint density at radius 2 is 1.27 bits per heavy atom. The molecule has 0 bridgehead atoms. The van der Waals surface area contributed by atoms with Crippen molar-refractivity contribution in [2.24, 2.45) is 0 Å². The van der Waals surface area contributed by atoms with Crippen LogP contribution in [-0.2, 0) is 10.8 Å². The zero-order chi connectivity index (χ0) is 41.9. The number of anilines is 5. The lowest BCUT2D eigenvalue weighted by molar-refractivity contribution is 0.330. The highest BCUT2D eigenvalue weighted by Gasteiger charge is 2.39. The molecule has 5 heteroatoms. The van der Waals surface area contributed by atoms with E-state index in [1.807, 2.05) is 0 Å². The van der Waals surface area contributed by atoms with Gasteiger partial charge in [0.05, 0.1) is 16.6 Å². The lowest BCUT2D eigenvalue weighted by atomic mass is 9.59. The van der Waals surface area contributed by atoms with Gasteiger partial charge in [-0.2, -0.15) is 0 Å². The number of aromatic nitrogens is 1. The number of hydrogen-bond donors (Lipinski definition) is 1. The van der Waals surface area contributed by atoms with E-state index in [2.05, 4.69) is 220 Å². The van der Waals surface area contributed by atoms with Crippen LogP contribution >= 0.6 is 0 Å². The molecule has 299 valence electrons. The highest BCUT2D eigenvalue weighted by Crippen LogP contribution is 2.50. The zero-order valence-electron chi connectivity index (χ0n) is 35.9. The number of rotatable bonds is 6. The first kappa shape index (κ1) is 36.8. The Bertz CT molecular complexity index is 3390. The van der Waals surface area contributed by atoms with Gasteiger partial charge in [-0.3, -0.25) is 0 Å². The van der Waals surface area contributed by atoms with Crippen molar-refractivity contribution in [3.8, 4) is 16.8 Å². The second-order valence-electron chi connectivity index (χ2n) is 18.7. The van der Waals surface area contributed by atoms with Gasteiger partial charge < -0.3 is 19.2 Å². The van der Waals surface area contributed by atoms with Crippen molar-refractivity contribution in [2.45, 2.75) is 58.3 Å². The Kier molecular flexibility index (Phi) is 8.03. The Labute approximate surface area is 363 Å². The SMILES string of the molecule is Cc1c(Nc2c(-c3cc(N(c4ccccc4)c4ccccc4)cc4c3[B]c3cccc5c6ccccc6n-4c35)ccc3oc4ccccc4c23)ccc2c1C(C)(C)CCC2(C)C. The molecule has 2 aromatic heterocycles. The summed E-state index contributed by atoms with van der Waals surface area (Å²) in [4.78, 5) is 2.39. The van der Waals surface area contributed by atoms with Crippen molar-refractivity contribution < 1.29 is 4.42 Å². The van der Waals surface area contributed by atoms with Crippen LogP contribution in [-0.4, -0.2) is 11.8 Å². The van der Waals surface area contributed by atoms with Crippen LogP contribution in [0, 0.1) is 6.92 Å². The summed E-state index contributed by atoms with van der Waals surface area (Å²) in [5.41, 5.74) is 19.8. The van der Waals surface area contributed by atoms with Crippen LogP contribution in [0.2, 0.25) is 0 Å². The van der Waals surface area contributed by atoms with E-state index in [-0.39, 0.29) is 10.8 Å². The fourth-order valence-electron chi connectivity index (χ4n) is 11.0. The monoisotopic (exact) mass is 800 g/mol. The maximum Gasteiger partial charge on any atom is 0.197 e. The minimum absolute atomic E-state index is 0.0583. The summed E-state index contributed by atoms with van der Waals surface area (Å²) in [6.07, 6.45) is 2.33. The highest BCUT2D eigenvalue weighted by atomic mass is 16.3. The zero-order valence-corrected chi connectivity index (χ0v) is 35.9. The predicted octanol–water partition coefficient (Wildman–Crippen LogP) is 14.2. The molecule has 0 saturated carbocycles. The summed E-state index contributed by atoms with van der Waals surface area (Å²) in [6, 6.07) is 59.5. The standard InChI is InChI=1S/C57H47BN3O/c1-35-46(29-28-44-52(35)57(4,5)32-31-56(44,2)3)59-54-40(27-30-50-51(54)42-22-13-15-26-49(42)62-50)43-33-38(60(36-17-8-6-9-18-36)37-19-10-7-11-20-37)34-48-53(43)58-45-24-16-23-41-39-21-12-14-25-47(39)61(48)55(41)45/h6-30,33-34,59H,31-32H2,1-5H3. The van der Waals surface area contributed by atoms with Crippen LogP contribution in [0.25, 0.3) is 60.6 Å². The Morgan fingerprint density at radius 3 is 2.05 bits per heavy atom. The summed E-state index contributed by atoms with van der Waals surface area (Å²) in [5.74, 6) is 0. The molecule has 0 unspecified atom stereocenters. The van der Waals surface area contributed by atoms with Crippen LogP contribution in [0.15, 0.2) is 168 Å². The van der Waals surface area contributed by atoms with Crippen molar-refractivity contribution in [2.75, 3.05) is 10.2 Å². The van der Waals surface area contributed by atoms with Gasteiger partial charge in [-0.15, -0.1) is 0 Å². The molecule has 1 radical (unpaired) electrons. The minimum atomic E-state index is 0.0583. The summed E-state index contributed by atoms with van der Waals surface area (Å²) in [5, 5.41) is 8.86. The quantitative estimate of drug-likeness (QED) is 0.170. The van der Waals surface area contributed by atoms with Gasteiger partial charge in [0.2, 0.25) is 0 Å². The Morgan fingerprint density at radius 1 is 0.597 bits per heavy atom. The van der Waals surface area contributed by atoms with Crippen LogP contribution < -0.4 is 21.1 Å². The van der Waals surface area contributed by atoms with Gasteiger partial charge in [-0.25, -0.2) is 0 Å². The van der Waals surface area contributed by atoms with Crippen molar-refractivity contribution in [3.05, 3.63) is 180 Å². The largest absolute Gasteiger partial charge is 0.456 e. The van der Waals surface area contributed by atoms with Gasteiger partial charge in [0.25, 0.3) is 0 Å². The number of benzene rings is 8. The molecule has 62 heavy (non-hydrogen) atoms. The number of nitrogens with zero attached hydrogens (tertiary/aromatic N) is 2. The third kappa shape index (κ3) is 5.47. The van der Waals surface area contributed by atoms with Crippen molar-refractivity contribution in [3.63, 3.8) is 0 Å². The third-order valence-electron chi connectivity index (χ3n) is 14.0. The third-order valence-corrected chi connectivity index (χ3v) is 14.0. The molecule has 0 atom stereocenters. The molecule has 1 aliphatic carbocycles. The van der Waals surface area contributed by atoms with E-state index < -0.39 is 0 Å². The van der Waals surface area contributed by atoms with Gasteiger partial charge in [0.15, 0.2) is 7.28 Å². The summed E-state index contributed by atoms with van der Waals surface area (Å²) in [7, 11) is 2.42. The molecule has 2 aliphatic rings. The number of para-hydroxylation sites is 5. The van der Waals surface area contributed by atoms with E-state index >= 15 is 0 Å². The summed E-state index contributed by atoms with van der Waals surface area (Å²) in [6.45, 7) is 12.0. The molecule has 12 rings (SSSR count). The molecule has 1 N–H and O–H groups in total. The minimum Gasteiger partial charge on any atom is -0.456 e. The van der Waals surface area contributed by atoms with Crippen LogP contribution in [0.1, 0.15) is 57.2 Å². The van der Waals surface area contributed by atoms with Gasteiger partial charge >= 0.3 is 0 Å². The number of hydrogen-bond acceptors (Lipinski definition) is 3. The topological polar surface area (TPSA) is 33.3 Å². The fraction of sp³-hybridized carbons (Fsp3) is 0.158. The van der Waals surface area contributed by atoms with Crippen LogP contribution in [0.3, 0.4) is 0 Å². The molecule has 0 saturated heterocycles. The lowest BCUT2D eigenvalue weighted by Crippen LogP contribution is -2.37. The first-order chi connectivity index (χ1) is 30.2. The van der Waals surface area contributed by atoms with Gasteiger partial charge in [-0.1, -0.05) is 130 Å². The first-order valence-corrected chi connectivity index (χ1v) is 22.0. The van der Waals surface area contributed by atoms with Crippen molar-refractivity contribution >= 4 is 90.4 Å². The number of furan rings is 1. The maximum absolute atomic E-state index is 6.66. The van der Waals surface area contributed by atoms with E-state index in [0.717, 1.165) is 73.6 Å². The maximum atomic E-state index is 6.66. The van der Waals surface area contributed by atoms with Crippen molar-refractivity contribution in [1.82, 2.24) is 4.57 Å². The lowest BCUT2D eigenvalue weighted by Gasteiger charge is -2.43. The molecule has 4 nitrogen and oxygen atoms in total. The molecule has 8 aromatic carbocycles. The second kappa shape index (κ2) is 13.5. The van der Waals surface area contributed by atoms with Gasteiger partial charge in [0.1, 0.15) is 11.2 Å². The van der Waals surface area contributed by atoms with E-state index in [4.69, 9.17) is 4.42 Å². The van der Waals surface area contributed by atoms with E-state index in [9.17, 15) is 0 Å². The fourth-order valence-corrected chi connectivity index (χ4v) is 11.0. The second-order valence-corrected chi connectivity index (χ2v) is 18.7. The predicted molar refractivity (Wildman–Crippen MR) is 263 cm³/mol. The van der Waals surface area contributed by atoms with Gasteiger partial charge in [0, 0.05) is 55.7 Å². The highest BCUT2D eigenvalue weighted by molar-refractivity contribution is 6.73. The van der Waals surface area contributed by atoms with E-state index in [1.165, 1.54) is 55.8 Å². The molecule has 0 amide bonds. The van der Waals surface area contributed by atoms with E-state index in [0.29, 0.717) is 0 Å². The Hall–Kier alpha value is -6.98. The normalized spacial score (nSPS) is 14.8. The molecule has 0 fully saturated rings. The van der Waals surface area contributed by atoms with Crippen LogP contribution in [0.4, 0.5) is 28.4 Å². The summed E-state index contributed by atoms with van der Waals surface area (Å²) >= 11 is 0. The average Bonchev–Trinajstić information content (AvgIpc) is 3.84. The molecule has 3 heterocycles. The van der Waals surface area contributed by atoms with Gasteiger partial charge in [-0.05, 0) is 125 Å². The Balaban J connectivity index is 1.19. The molecular formula is C57H47BN3O.